The Kier molecular flexibility index (Phi) is 13.8. The molecule has 0 radical (unpaired) electrons. The van der Waals surface area contributed by atoms with Gasteiger partial charge in [0.25, 0.3) is 5.91 Å². The van der Waals surface area contributed by atoms with E-state index in [1.54, 1.807) is 4.68 Å². The minimum Gasteiger partial charge on any atom is -0.381 e. The number of fused-ring (bicyclic) bond motifs is 1. The zero-order valence-electron chi connectivity index (χ0n) is 30.0. The molecule has 4 heterocycles. The number of rotatable bonds is 5. The Morgan fingerprint density at radius 3 is 1.79 bits per heavy atom. The lowest BCUT2D eigenvalue weighted by Gasteiger charge is -2.49. The number of nitrogens with zero attached hydrogens (tertiary/aromatic N) is 3. The number of carbonyl (C=O) groups is 1. The fourth-order valence-corrected chi connectivity index (χ4v) is 10.3. The Labute approximate surface area is 290 Å². The fraction of sp³-hybridized carbons (Fsp3) is 0.897. The van der Waals surface area contributed by atoms with Gasteiger partial charge < -0.3 is 21.7 Å². The van der Waals surface area contributed by atoms with Gasteiger partial charge in [0.1, 0.15) is 17.6 Å². The lowest BCUT2D eigenvalue weighted by Crippen LogP contribution is -2.65. The maximum absolute atomic E-state index is 15.9. The first kappa shape index (κ1) is 35.9. The molecular weight excluding hydrogens is 601 g/mol. The molecule has 9 heteroatoms. The molecule has 3 aliphatic heterocycles. The Bertz CT molecular complexity index is 1100. The van der Waals surface area contributed by atoms with Gasteiger partial charge in [-0.05, 0) is 63.1 Å². The third kappa shape index (κ3) is 9.07. The molecule has 2 saturated carbocycles. The van der Waals surface area contributed by atoms with Gasteiger partial charge in [-0.1, -0.05) is 122 Å². The van der Waals surface area contributed by atoms with Crippen molar-refractivity contribution in [2.24, 2.45) is 17.8 Å². The number of amides is 1. The molecule has 6 rings (SSSR count). The lowest BCUT2D eigenvalue weighted by molar-refractivity contribution is 0.0327. The van der Waals surface area contributed by atoms with Crippen LogP contribution in [-0.2, 0) is 0 Å². The molecule has 0 aromatic carbocycles. The van der Waals surface area contributed by atoms with Crippen molar-refractivity contribution in [3.63, 3.8) is 0 Å². The summed E-state index contributed by atoms with van der Waals surface area (Å²) in [4.78, 5) is 17.1. The van der Waals surface area contributed by atoms with Crippen LogP contribution in [0.15, 0.2) is 0 Å². The minimum atomic E-state index is -1.05. The van der Waals surface area contributed by atoms with E-state index in [2.05, 4.69) is 20.9 Å². The van der Waals surface area contributed by atoms with E-state index in [1.807, 2.05) is 0 Å². The van der Waals surface area contributed by atoms with Gasteiger partial charge in [-0.25, -0.2) is 9.07 Å². The largest absolute Gasteiger partial charge is 0.381 e. The summed E-state index contributed by atoms with van der Waals surface area (Å²) in [6.07, 6.45) is 28.1. The average molecular weight is 670 g/mol. The predicted octanol–water partition coefficient (Wildman–Crippen LogP) is 8.00. The molecule has 4 fully saturated rings. The van der Waals surface area contributed by atoms with Crippen LogP contribution >= 0.6 is 0 Å². The second kappa shape index (κ2) is 18.4. The molecule has 1 amide bonds. The highest BCUT2D eigenvalue weighted by molar-refractivity contribution is 6.03. The summed E-state index contributed by atoms with van der Waals surface area (Å²) in [7, 11) is 0. The van der Waals surface area contributed by atoms with Crippen LogP contribution in [0.25, 0.3) is 0 Å². The van der Waals surface area contributed by atoms with Crippen molar-refractivity contribution >= 4 is 17.5 Å². The molecule has 0 spiro atoms. The van der Waals surface area contributed by atoms with Crippen LogP contribution in [0.4, 0.5) is 16.0 Å². The summed E-state index contributed by atoms with van der Waals surface area (Å²) in [6, 6.07) is -0.0509. The van der Waals surface area contributed by atoms with Crippen molar-refractivity contribution in [1.29, 1.82) is 0 Å². The number of halogens is 1. The van der Waals surface area contributed by atoms with Gasteiger partial charge in [0.15, 0.2) is 5.82 Å². The van der Waals surface area contributed by atoms with Crippen LogP contribution in [0, 0.1) is 17.8 Å². The highest BCUT2D eigenvalue weighted by Gasteiger charge is 2.44. The fourth-order valence-electron chi connectivity index (χ4n) is 10.3. The summed E-state index contributed by atoms with van der Waals surface area (Å²) in [6.45, 7) is 4.25. The zero-order chi connectivity index (χ0) is 33.1. The summed E-state index contributed by atoms with van der Waals surface area (Å²) in [5.74, 6) is 2.11. The Morgan fingerprint density at radius 1 is 0.688 bits per heavy atom. The molecule has 5 aliphatic rings. The molecule has 0 bridgehead atoms. The van der Waals surface area contributed by atoms with E-state index in [0.29, 0.717) is 29.3 Å². The van der Waals surface area contributed by atoms with Crippen molar-refractivity contribution in [2.45, 2.75) is 172 Å². The van der Waals surface area contributed by atoms with Gasteiger partial charge in [0.05, 0.1) is 12.1 Å². The number of hydrogen-bond donors (Lipinski definition) is 4. The normalized spacial score (nSPS) is 31.8. The number of nitrogens with two attached hydrogens (primary N) is 1. The van der Waals surface area contributed by atoms with Crippen LogP contribution in [0.5, 0.6) is 0 Å². The summed E-state index contributed by atoms with van der Waals surface area (Å²) < 4.78 is 17.7. The number of nitrogens with one attached hydrogen (secondary N) is 3. The third-order valence-electron chi connectivity index (χ3n) is 12.9. The third-order valence-corrected chi connectivity index (χ3v) is 12.9. The van der Waals surface area contributed by atoms with E-state index in [1.165, 1.54) is 122 Å². The quantitative estimate of drug-likeness (QED) is 0.254. The number of hydrogen-bond acceptors (Lipinski definition) is 6. The first-order valence-corrected chi connectivity index (χ1v) is 20.6. The van der Waals surface area contributed by atoms with E-state index in [9.17, 15) is 4.79 Å². The van der Waals surface area contributed by atoms with Crippen LogP contribution in [0.1, 0.15) is 164 Å². The van der Waals surface area contributed by atoms with Gasteiger partial charge in [-0.3, -0.25) is 9.69 Å². The van der Waals surface area contributed by atoms with Crippen molar-refractivity contribution in [2.75, 3.05) is 43.8 Å². The first-order chi connectivity index (χ1) is 23.6. The van der Waals surface area contributed by atoms with Gasteiger partial charge >= 0.3 is 0 Å². The Balaban J connectivity index is 1.21. The molecule has 2 aliphatic carbocycles. The highest BCUT2D eigenvalue weighted by atomic mass is 19.1. The van der Waals surface area contributed by atoms with E-state index in [-0.39, 0.29) is 36.3 Å². The summed E-state index contributed by atoms with van der Waals surface area (Å²) >= 11 is 0. The number of carbonyl (C=O) groups excluding carboxylic acids is 1. The molecule has 272 valence electrons. The average Bonchev–Trinajstić information content (AvgIpc) is 3.43. The minimum absolute atomic E-state index is 0.000625. The van der Waals surface area contributed by atoms with Gasteiger partial charge in [0.2, 0.25) is 0 Å². The molecule has 8 nitrogen and oxygen atoms in total. The van der Waals surface area contributed by atoms with E-state index >= 15 is 4.39 Å². The van der Waals surface area contributed by atoms with Gasteiger partial charge in [-0.15, -0.1) is 0 Å². The molecule has 48 heavy (non-hydrogen) atoms. The van der Waals surface area contributed by atoms with Crippen LogP contribution in [-0.4, -0.2) is 71.6 Å². The van der Waals surface area contributed by atoms with Crippen LogP contribution < -0.4 is 21.7 Å². The molecule has 1 aromatic heterocycles. The topological polar surface area (TPSA) is 100 Å². The first-order valence-electron chi connectivity index (χ1n) is 20.6. The predicted molar refractivity (Wildman–Crippen MR) is 195 cm³/mol. The Morgan fingerprint density at radius 2 is 1.21 bits per heavy atom. The number of nitrogen functional groups attached to an aromatic ring is 1. The second-order valence-electron chi connectivity index (χ2n) is 16.3. The monoisotopic (exact) mass is 670 g/mol. The van der Waals surface area contributed by atoms with Crippen molar-refractivity contribution < 1.29 is 9.18 Å². The zero-order valence-corrected chi connectivity index (χ0v) is 30.0. The molecule has 5 atom stereocenters. The number of aromatic nitrogens is 2. The molecule has 1 aromatic rings. The molecule has 5 N–H and O–H groups in total. The number of likely N-dealkylation sites (tertiary alicyclic amines) is 1. The maximum Gasteiger partial charge on any atom is 0.259 e. The SMILES string of the molecule is Nc1nn2c(c1C(=O)NC1CNCC(C3CCCCCCCCC3)C1N1CCCCC1)NCC(F)C2C1CCCCCCCCCCC1. The van der Waals surface area contributed by atoms with Crippen molar-refractivity contribution in [3.8, 4) is 0 Å². The van der Waals surface area contributed by atoms with Gasteiger partial charge in [-0.2, -0.15) is 5.10 Å². The van der Waals surface area contributed by atoms with Crippen LogP contribution in [0.3, 0.4) is 0 Å². The van der Waals surface area contributed by atoms with E-state index in [4.69, 9.17) is 10.8 Å². The molecule has 5 unspecified atom stereocenters. The molecule has 2 saturated heterocycles. The maximum atomic E-state index is 15.9. The summed E-state index contributed by atoms with van der Waals surface area (Å²) in [5, 5.41) is 15.3. The smallest absolute Gasteiger partial charge is 0.259 e. The standard InChI is InChI=1S/C39H68FN7O/c40-32-27-43-38-34(37(41)45-47(38)35(32)30-22-16-11-5-2-1-3-6-12-17-23-30)39(48)44-33-28-42-26-31(36(33)46-24-18-13-19-25-46)29-20-14-9-7-4-8-10-15-21-29/h29-33,35-36,42-43H,1-28H2,(H2,41,45)(H,44,48). The Hall–Kier alpha value is -1.87. The lowest BCUT2D eigenvalue weighted by atomic mass is 9.74. The van der Waals surface area contributed by atoms with E-state index < -0.39 is 6.17 Å². The number of anilines is 2. The number of alkyl halides is 1. The van der Waals surface area contributed by atoms with Crippen LogP contribution in [0.2, 0.25) is 0 Å². The second-order valence-corrected chi connectivity index (χ2v) is 16.3. The van der Waals surface area contributed by atoms with E-state index in [0.717, 1.165) is 51.9 Å². The molecular formula is C39H68FN7O. The highest BCUT2D eigenvalue weighted by Crippen LogP contribution is 2.41. The number of piperidine rings is 2. The van der Waals surface area contributed by atoms with Crippen molar-refractivity contribution in [1.82, 2.24) is 25.3 Å². The van der Waals surface area contributed by atoms with Crippen molar-refractivity contribution in [3.05, 3.63) is 5.56 Å². The summed E-state index contributed by atoms with van der Waals surface area (Å²) in [5.41, 5.74) is 7.02. The van der Waals surface area contributed by atoms with Gasteiger partial charge in [0, 0.05) is 19.1 Å².